The number of aryl methyl sites for hydroxylation is 1. The van der Waals surface area contributed by atoms with Crippen molar-refractivity contribution in [2.24, 2.45) is 0 Å². The summed E-state index contributed by atoms with van der Waals surface area (Å²) < 4.78 is 27.2. The molecule has 0 spiro atoms. The third kappa shape index (κ3) is 2.36. The highest BCUT2D eigenvalue weighted by atomic mass is 32.2. The first kappa shape index (κ1) is 13.0. The molecule has 0 fully saturated rings. The number of hydrogen-bond donors (Lipinski definition) is 3. The lowest BCUT2D eigenvalue weighted by atomic mass is 10.0. The Kier molecular flexibility index (Phi) is 3.13. The molecule has 0 atom stereocenters. The van der Waals surface area contributed by atoms with Crippen molar-refractivity contribution in [2.75, 3.05) is 16.6 Å². The quantitative estimate of drug-likeness (QED) is 0.806. The second kappa shape index (κ2) is 4.82. The van der Waals surface area contributed by atoms with Gasteiger partial charge >= 0.3 is 0 Å². The molecule has 0 aliphatic carbocycles. The van der Waals surface area contributed by atoms with Gasteiger partial charge in [0.15, 0.2) is 5.03 Å². The summed E-state index contributed by atoms with van der Waals surface area (Å²) in [6.07, 6.45) is 3.18. The van der Waals surface area contributed by atoms with Crippen LogP contribution in [0.1, 0.15) is 17.8 Å². The summed E-state index contributed by atoms with van der Waals surface area (Å²) in [5.41, 5.74) is 2.64. The molecule has 0 saturated carbocycles. The minimum absolute atomic E-state index is 0.0800. The van der Waals surface area contributed by atoms with Crippen LogP contribution in [0.3, 0.4) is 0 Å². The Morgan fingerprint density at radius 2 is 2.20 bits per heavy atom. The predicted octanol–water partition coefficient (Wildman–Crippen LogP) is 1.88. The number of benzene rings is 1. The molecule has 0 amide bonds. The fourth-order valence-electron chi connectivity index (χ4n) is 2.34. The Balaban J connectivity index is 1.95. The third-order valence-electron chi connectivity index (χ3n) is 3.31. The summed E-state index contributed by atoms with van der Waals surface area (Å²) in [6.45, 7) is 2.64. The van der Waals surface area contributed by atoms with Gasteiger partial charge in [0.05, 0.1) is 11.9 Å². The van der Waals surface area contributed by atoms with Crippen LogP contribution in [0.4, 0.5) is 11.4 Å². The molecule has 0 bridgehead atoms. The van der Waals surface area contributed by atoms with Crippen LogP contribution in [0.2, 0.25) is 0 Å². The number of aromatic nitrogens is 2. The van der Waals surface area contributed by atoms with Crippen LogP contribution in [0.15, 0.2) is 29.4 Å². The Morgan fingerprint density at radius 1 is 1.35 bits per heavy atom. The average Bonchev–Trinajstić information content (AvgIpc) is 2.86. The zero-order valence-corrected chi connectivity index (χ0v) is 11.9. The molecule has 106 valence electrons. The molecule has 3 rings (SSSR count). The molecule has 0 radical (unpaired) electrons. The van der Waals surface area contributed by atoms with Crippen molar-refractivity contribution >= 4 is 21.4 Å². The highest BCUT2D eigenvalue weighted by Crippen LogP contribution is 2.30. The maximum Gasteiger partial charge on any atom is 0.278 e. The summed E-state index contributed by atoms with van der Waals surface area (Å²) in [5, 5.41) is 3.36. The van der Waals surface area contributed by atoms with Crippen molar-refractivity contribution in [1.82, 2.24) is 9.97 Å². The van der Waals surface area contributed by atoms with Gasteiger partial charge < -0.3 is 10.3 Å². The van der Waals surface area contributed by atoms with Crippen LogP contribution in [-0.2, 0) is 16.4 Å². The second-order valence-electron chi connectivity index (χ2n) is 4.80. The summed E-state index contributed by atoms with van der Waals surface area (Å²) >= 11 is 0. The van der Waals surface area contributed by atoms with Crippen molar-refractivity contribution < 1.29 is 8.42 Å². The van der Waals surface area contributed by atoms with E-state index in [9.17, 15) is 8.42 Å². The monoisotopic (exact) mass is 292 g/mol. The van der Waals surface area contributed by atoms with Gasteiger partial charge in [-0.3, -0.25) is 4.72 Å². The number of sulfonamides is 1. The SMILES string of the molecule is Cc1ncc(S(=O)(=O)Nc2cccc3c2CCCN3)[nH]1. The van der Waals surface area contributed by atoms with Crippen molar-refractivity contribution in [3.63, 3.8) is 0 Å². The van der Waals surface area contributed by atoms with E-state index in [1.54, 1.807) is 13.0 Å². The number of H-pyrrole nitrogens is 1. The van der Waals surface area contributed by atoms with Crippen molar-refractivity contribution in [1.29, 1.82) is 0 Å². The van der Waals surface area contributed by atoms with E-state index < -0.39 is 10.0 Å². The number of hydrogen-bond acceptors (Lipinski definition) is 4. The maximum absolute atomic E-state index is 12.3. The number of anilines is 2. The first-order valence-corrected chi connectivity index (χ1v) is 7.95. The van der Waals surface area contributed by atoms with Crippen LogP contribution in [0.25, 0.3) is 0 Å². The van der Waals surface area contributed by atoms with Gasteiger partial charge in [-0.2, -0.15) is 8.42 Å². The van der Waals surface area contributed by atoms with E-state index in [0.717, 1.165) is 30.6 Å². The van der Waals surface area contributed by atoms with Gasteiger partial charge in [-0.25, -0.2) is 4.98 Å². The standard InChI is InChI=1S/C13H16N4O2S/c1-9-15-8-13(16-9)20(18,19)17-12-6-2-5-11-10(12)4-3-7-14-11/h2,5-6,8,14,17H,3-4,7H2,1H3,(H,15,16). The molecule has 1 aliphatic heterocycles. The molecular weight excluding hydrogens is 276 g/mol. The first-order valence-electron chi connectivity index (χ1n) is 6.46. The molecule has 1 aliphatic rings. The number of aromatic amines is 1. The molecule has 1 aromatic carbocycles. The maximum atomic E-state index is 12.3. The molecule has 1 aromatic heterocycles. The summed E-state index contributed by atoms with van der Waals surface area (Å²) in [4.78, 5) is 6.66. The lowest BCUT2D eigenvalue weighted by Crippen LogP contribution is -2.18. The second-order valence-corrected chi connectivity index (χ2v) is 6.45. The van der Waals surface area contributed by atoms with E-state index in [1.165, 1.54) is 6.20 Å². The summed E-state index contributed by atoms with van der Waals surface area (Å²) in [5.74, 6) is 0.571. The number of nitrogens with one attached hydrogen (secondary N) is 3. The lowest BCUT2D eigenvalue weighted by molar-refractivity contribution is 0.598. The molecule has 3 N–H and O–H groups in total. The Hall–Kier alpha value is -2.02. The van der Waals surface area contributed by atoms with Gasteiger partial charge in [0.25, 0.3) is 10.0 Å². The fraction of sp³-hybridized carbons (Fsp3) is 0.308. The Labute approximate surface area is 117 Å². The zero-order valence-electron chi connectivity index (χ0n) is 11.1. The third-order valence-corrected chi connectivity index (χ3v) is 4.58. The van der Waals surface area contributed by atoms with E-state index in [1.807, 2.05) is 12.1 Å². The van der Waals surface area contributed by atoms with Gasteiger partial charge in [-0.15, -0.1) is 0 Å². The molecule has 7 heteroatoms. The number of nitrogens with zero attached hydrogens (tertiary/aromatic N) is 1. The zero-order chi connectivity index (χ0) is 14.2. The van der Waals surface area contributed by atoms with E-state index in [2.05, 4.69) is 20.0 Å². The van der Waals surface area contributed by atoms with Gasteiger partial charge in [0.1, 0.15) is 5.82 Å². The topological polar surface area (TPSA) is 86.9 Å². The van der Waals surface area contributed by atoms with Gasteiger partial charge in [-0.1, -0.05) is 6.07 Å². The largest absolute Gasteiger partial charge is 0.385 e. The van der Waals surface area contributed by atoms with Crippen LogP contribution in [-0.4, -0.2) is 24.9 Å². The molecule has 0 saturated heterocycles. The van der Waals surface area contributed by atoms with E-state index >= 15 is 0 Å². The summed E-state index contributed by atoms with van der Waals surface area (Å²) in [6, 6.07) is 5.59. The minimum Gasteiger partial charge on any atom is -0.385 e. The highest BCUT2D eigenvalue weighted by Gasteiger charge is 2.20. The molecule has 0 unspecified atom stereocenters. The van der Waals surface area contributed by atoms with E-state index in [0.29, 0.717) is 11.5 Å². The number of imidazole rings is 1. The van der Waals surface area contributed by atoms with Crippen molar-refractivity contribution in [3.8, 4) is 0 Å². The van der Waals surface area contributed by atoms with Gasteiger partial charge in [0, 0.05) is 12.2 Å². The first-order chi connectivity index (χ1) is 9.56. The van der Waals surface area contributed by atoms with Crippen LogP contribution in [0.5, 0.6) is 0 Å². The molecule has 2 heterocycles. The van der Waals surface area contributed by atoms with Crippen molar-refractivity contribution in [3.05, 3.63) is 35.8 Å². The lowest BCUT2D eigenvalue weighted by Gasteiger charge is -2.21. The highest BCUT2D eigenvalue weighted by molar-refractivity contribution is 7.92. The van der Waals surface area contributed by atoms with Gasteiger partial charge in [-0.05, 0) is 37.5 Å². The minimum atomic E-state index is -3.62. The normalized spacial score (nSPS) is 14.4. The molecule has 6 nitrogen and oxygen atoms in total. The molecule has 20 heavy (non-hydrogen) atoms. The number of fused-ring (bicyclic) bond motifs is 1. The molecular formula is C13H16N4O2S. The van der Waals surface area contributed by atoms with Crippen molar-refractivity contribution in [2.45, 2.75) is 24.8 Å². The predicted molar refractivity (Wildman–Crippen MR) is 77.4 cm³/mol. The van der Waals surface area contributed by atoms with E-state index in [4.69, 9.17) is 0 Å². The van der Waals surface area contributed by atoms with Crippen LogP contribution < -0.4 is 10.0 Å². The number of rotatable bonds is 3. The Morgan fingerprint density at radius 3 is 2.95 bits per heavy atom. The smallest absolute Gasteiger partial charge is 0.278 e. The van der Waals surface area contributed by atoms with E-state index in [-0.39, 0.29) is 5.03 Å². The van der Waals surface area contributed by atoms with Gasteiger partial charge in [0.2, 0.25) is 0 Å². The fourth-order valence-corrected chi connectivity index (χ4v) is 3.40. The van der Waals surface area contributed by atoms with Crippen LogP contribution in [0, 0.1) is 6.92 Å². The Bertz CT molecular complexity index is 737. The average molecular weight is 292 g/mol. The summed E-state index contributed by atoms with van der Waals surface area (Å²) in [7, 11) is -3.62. The van der Waals surface area contributed by atoms with Crippen LogP contribution >= 0.6 is 0 Å². The molecule has 2 aromatic rings.